The van der Waals surface area contributed by atoms with E-state index in [9.17, 15) is 0 Å². The van der Waals surface area contributed by atoms with Crippen molar-refractivity contribution in [2.45, 2.75) is 18.9 Å². The van der Waals surface area contributed by atoms with Crippen LogP contribution in [0.1, 0.15) is 12.8 Å². The van der Waals surface area contributed by atoms with E-state index in [1.807, 2.05) is 24.4 Å². The van der Waals surface area contributed by atoms with E-state index in [0.717, 1.165) is 75.5 Å². The van der Waals surface area contributed by atoms with Gasteiger partial charge in [-0.15, -0.1) is 15.3 Å². The lowest BCUT2D eigenvalue weighted by Gasteiger charge is -2.38. The van der Waals surface area contributed by atoms with E-state index in [4.69, 9.17) is 9.72 Å². The first kappa shape index (κ1) is 18.0. The monoisotopic (exact) mass is 395 g/mol. The van der Waals surface area contributed by atoms with E-state index in [0.29, 0.717) is 6.04 Å². The Hall–Kier alpha value is -3.01. The maximum Gasteiger partial charge on any atom is 0.227 e. The van der Waals surface area contributed by atoms with Crippen LogP contribution in [0.2, 0.25) is 0 Å². The van der Waals surface area contributed by atoms with Gasteiger partial charge in [0.15, 0.2) is 5.65 Å². The van der Waals surface area contributed by atoms with E-state index in [1.54, 1.807) is 10.8 Å². The topological polar surface area (TPSA) is 87.8 Å². The van der Waals surface area contributed by atoms with Crippen LogP contribution in [0.5, 0.6) is 0 Å². The van der Waals surface area contributed by atoms with Crippen molar-refractivity contribution in [3.63, 3.8) is 0 Å². The van der Waals surface area contributed by atoms with Gasteiger partial charge in [0.2, 0.25) is 5.95 Å². The molecule has 0 saturated carbocycles. The van der Waals surface area contributed by atoms with E-state index >= 15 is 0 Å². The minimum absolute atomic E-state index is 0.442. The minimum Gasteiger partial charge on any atom is -0.378 e. The van der Waals surface area contributed by atoms with Crippen LogP contribution in [-0.2, 0) is 4.74 Å². The Labute approximate surface area is 169 Å². The highest BCUT2D eigenvalue weighted by Gasteiger charge is 2.25. The number of anilines is 3. The van der Waals surface area contributed by atoms with Gasteiger partial charge in [0.05, 0.1) is 13.2 Å². The van der Waals surface area contributed by atoms with Crippen LogP contribution in [0.4, 0.5) is 17.6 Å². The molecule has 0 aromatic carbocycles. The van der Waals surface area contributed by atoms with Gasteiger partial charge < -0.3 is 19.4 Å². The van der Waals surface area contributed by atoms with Crippen molar-refractivity contribution < 1.29 is 4.74 Å². The predicted molar refractivity (Wildman–Crippen MR) is 109 cm³/mol. The molecule has 0 radical (unpaired) electrons. The van der Waals surface area contributed by atoms with Crippen LogP contribution in [0, 0.1) is 0 Å². The molecule has 3 aromatic rings. The summed E-state index contributed by atoms with van der Waals surface area (Å²) < 4.78 is 7.16. The molecule has 152 valence electrons. The molecule has 0 bridgehead atoms. The second kappa shape index (κ2) is 7.78. The second-order valence-electron chi connectivity index (χ2n) is 7.47. The van der Waals surface area contributed by atoms with Gasteiger partial charge in [-0.3, -0.25) is 0 Å². The summed E-state index contributed by atoms with van der Waals surface area (Å²) in [5, 5.41) is 12.5. The summed E-state index contributed by atoms with van der Waals surface area (Å²) in [5.41, 5.74) is 0.767. The fraction of sp³-hybridized carbons (Fsp3) is 0.526. The Kier molecular flexibility index (Phi) is 4.84. The summed E-state index contributed by atoms with van der Waals surface area (Å²) in [5.74, 6) is 2.74. The average Bonchev–Trinajstić information content (AvgIpc) is 3.27. The standard InChI is InChI=1S/C19H25N9O/c1-25(16-4-7-20-19(22-16)27-10-12-29-13-11-27)15-5-8-26(9-6-15)18-3-2-17-23-21-14-28(17)24-18/h2-4,7,14-15H,5-6,8-13H2,1H3. The molecule has 2 aliphatic heterocycles. The summed E-state index contributed by atoms with van der Waals surface area (Å²) in [4.78, 5) is 16.1. The van der Waals surface area contributed by atoms with Crippen LogP contribution in [0.3, 0.4) is 0 Å². The Morgan fingerprint density at radius 3 is 2.69 bits per heavy atom. The van der Waals surface area contributed by atoms with Gasteiger partial charge in [-0.1, -0.05) is 0 Å². The summed E-state index contributed by atoms with van der Waals surface area (Å²) in [7, 11) is 2.13. The SMILES string of the molecule is CN(c1ccnc(N2CCOCC2)n1)C1CCN(c2ccc3nncn3n2)CC1. The Balaban J connectivity index is 1.24. The Morgan fingerprint density at radius 1 is 1.03 bits per heavy atom. The third-order valence-corrected chi connectivity index (χ3v) is 5.77. The summed E-state index contributed by atoms with van der Waals surface area (Å²) >= 11 is 0. The molecule has 2 saturated heterocycles. The minimum atomic E-state index is 0.442. The van der Waals surface area contributed by atoms with E-state index in [-0.39, 0.29) is 0 Å². The number of ether oxygens (including phenoxy) is 1. The van der Waals surface area contributed by atoms with Crippen molar-refractivity contribution in [2.24, 2.45) is 0 Å². The molecule has 29 heavy (non-hydrogen) atoms. The molecular weight excluding hydrogens is 370 g/mol. The highest BCUT2D eigenvalue weighted by atomic mass is 16.5. The van der Waals surface area contributed by atoms with Crippen LogP contribution < -0.4 is 14.7 Å². The number of aromatic nitrogens is 6. The molecule has 2 fully saturated rings. The molecule has 0 atom stereocenters. The molecule has 3 aromatic heterocycles. The molecule has 0 N–H and O–H groups in total. The van der Waals surface area contributed by atoms with E-state index in [1.165, 1.54) is 0 Å². The second-order valence-corrected chi connectivity index (χ2v) is 7.47. The highest BCUT2D eigenvalue weighted by Crippen LogP contribution is 2.24. The summed E-state index contributed by atoms with van der Waals surface area (Å²) in [6, 6.07) is 6.42. The van der Waals surface area contributed by atoms with Gasteiger partial charge >= 0.3 is 0 Å². The summed E-state index contributed by atoms with van der Waals surface area (Å²) in [6.07, 6.45) is 5.60. The number of hydrogen-bond donors (Lipinski definition) is 0. The molecule has 0 unspecified atom stereocenters. The number of nitrogens with zero attached hydrogens (tertiary/aromatic N) is 9. The van der Waals surface area contributed by atoms with Gasteiger partial charge in [0.1, 0.15) is 18.0 Å². The van der Waals surface area contributed by atoms with E-state index < -0.39 is 0 Å². The Morgan fingerprint density at radius 2 is 1.86 bits per heavy atom. The van der Waals surface area contributed by atoms with Crippen molar-refractivity contribution in [3.8, 4) is 0 Å². The zero-order valence-corrected chi connectivity index (χ0v) is 16.6. The molecular formula is C19H25N9O. The maximum absolute atomic E-state index is 5.43. The quantitative estimate of drug-likeness (QED) is 0.638. The number of rotatable bonds is 4. The van der Waals surface area contributed by atoms with Crippen molar-refractivity contribution in [1.29, 1.82) is 0 Å². The number of morpholine rings is 1. The fourth-order valence-electron chi connectivity index (χ4n) is 4.01. The highest BCUT2D eigenvalue weighted by molar-refractivity contribution is 5.47. The molecule has 0 aliphatic carbocycles. The van der Waals surface area contributed by atoms with Crippen LogP contribution >= 0.6 is 0 Å². The van der Waals surface area contributed by atoms with Gasteiger partial charge in [-0.05, 0) is 31.0 Å². The lowest BCUT2D eigenvalue weighted by atomic mass is 10.0. The molecule has 5 heterocycles. The first-order valence-corrected chi connectivity index (χ1v) is 10.1. The molecule has 2 aliphatic rings. The maximum atomic E-state index is 5.43. The largest absolute Gasteiger partial charge is 0.378 e. The Bertz CT molecular complexity index is 963. The zero-order chi connectivity index (χ0) is 19.6. The van der Waals surface area contributed by atoms with Gasteiger partial charge in [-0.25, -0.2) is 4.98 Å². The third-order valence-electron chi connectivity index (χ3n) is 5.77. The molecule has 10 nitrogen and oxygen atoms in total. The number of piperidine rings is 1. The first-order chi connectivity index (χ1) is 14.3. The number of hydrogen-bond acceptors (Lipinski definition) is 9. The van der Waals surface area contributed by atoms with Gasteiger partial charge in [0, 0.05) is 45.5 Å². The molecule has 5 rings (SSSR count). The van der Waals surface area contributed by atoms with Crippen LogP contribution in [0.25, 0.3) is 5.65 Å². The number of fused-ring (bicyclic) bond motifs is 1. The van der Waals surface area contributed by atoms with Crippen LogP contribution in [-0.4, -0.2) is 82.3 Å². The average molecular weight is 395 g/mol. The molecule has 0 amide bonds. The third kappa shape index (κ3) is 3.67. The summed E-state index contributed by atoms with van der Waals surface area (Å²) in [6.45, 7) is 5.06. The molecule has 0 spiro atoms. The first-order valence-electron chi connectivity index (χ1n) is 10.1. The van der Waals surface area contributed by atoms with Gasteiger partial charge in [0.25, 0.3) is 0 Å². The predicted octanol–water partition coefficient (Wildman–Crippen LogP) is 0.856. The lowest BCUT2D eigenvalue weighted by molar-refractivity contribution is 0.122. The van der Waals surface area contributed by atoms with Gasteiger partial charge in [-0.2, -0.15) is 9.50 Å². The lowest BCUT2D eigenvalue weighted by Crippen LogP contribution is -2.44. The zero-order valence-electron chi connectivity index (χ0n) is 16.6. The smallest absolute Gasteiger partial charge is 0.227 e. The normalized spacial score (nSPS) is 18.4. The van der Waals surface area contributed by atoms with Crippen LogP contribution in [0.15, 0.2) is 30.7 Å². The van der Waals surface area contributed by atoms with Crippen molar-refractivity contribution in [2.75, 3.05) is 61.1 Å². The van der Waals surface area contributed by atoms with E-state index in [2.05, 4.69) is 42.0 Å². The van der Waals surface area contributed by atoms with Crippen molar-refractivity contribution in [3.05, 3.63) is 30.7 Å². The van der Waals surface area contributed by atoms with Crippen molar-refractivity contribution in [1.82, 2.24) is 29.8 Å². The molecule has 10 heteroatoms. The fourth-order valence-corrected chi connectivity index (χ4v) is 4.01. The van der Waals surface area contributed by atoms with Crippen molar-refractivity contribution >= 4 is 23.2 Å².